The monoisotopic (exact) mass is 283 g/mol. The summed E-state index contributed by atoms with van der Waals surface area (Å²) in [5.41, 5.74) is 10.2. The van der Waals surface area contributed by atoms with Crippen LogP contribution in [0.5, 0.6) is 0 Å². The minimum atomic E-state index is 0.658. The van der Waals surface area contributed by atoms with E-state index >= 15 is 0 Å². The van der Waals surface area contributed by atoms with Crippen LogP contribution in [0.3, 0.4) is 0 Å². The zero-order chi connectivity index (χ0) is 15.8. The van der Waals surface area contributed by atoms with Gasteiger partial charge < -0.3 is 5.73 Å². The van der Waals surface area contributed by atoms with Crippen molar-refractivity contribution in [3.8, 4) is 11.8 Å². The van der Waals surface area contributed by atoms with Crippen molar-refractivity contribution in [3.05, 3.63) is 41.1 Å². The van der Waals surface area contributed by atoms with Gasteiger partial charge in [0.2, 0.25) is 0 Å². The van der Waals surface area contributed by atoms with Crippen LogP contribution in [-0.2, 0) is 0 Å². The number of benzene rings is 1. The molecule has 0 atom stereocenters. The zero-order valence-electron chi connectivity index (χ0n) is 14.2. The summed E-state index contributed by atoms with van der Waals surface area (Å²) in [5.74, 6) is 8.05. The maximum Gasteiger partial charge on any atom is 0.0248 e. The number of rotatable bonds is 2. The Labute approximate surface area is 130 Å². The molecule has 0 saturated heterocycles. The fourth-order valence-electron chi connectivity index (χ4n) is 1.69. The minimum absolute atomic E-state index is 0.658. The van der Waals surface area contributed by atoms with Crippen molar-refractivity contribution in [2.75, 3.05) is 0 Å². The molecular formula is C20H29N. The highest BCUT2D eigenvalue weighted by molar-refractivity contribution is 5.67. The molecular weight excluding hydrogens is 254 g/mol. The van der Waals surface area contributed by atoms with E-state index in [2.05, 4.69) is 57.7 Å². The quantitative estimate of drug-likeness (QED) is 0.748. The van der Waals surface area contributed by atoms with Crippen LogP contribution < -0.4 is 5.73 Å². The van der Waals surface area contributed by atoms with Gasteiger partial charge in [0.1, 0.15) is 0 Å². The summed E-state index contributed by atoms with van der Waals surface area (Å²) in [6.45, 7) is 10.8. The molecule has 1 aromatic carbocycles. The summed E-state index contributed by atoms with van der Waals surface area (Å²) in [5, 5.41) is 0. The van der Waals surface area contributed by atoms with Gasteiger partial charge in [0.25, 0.3) is 0 Å². The lowest BCUT2D eigenvalue weighted by molar-refractivity contribution is 0.626. The Morgan fingerprint density at radius 1 is 1.38 bits per heavy atom. The molecule has 114 valence electrons. The van der Waals surface area contributed by atoms with E-state index in [0.29, 0.717) is 5.92 Å². The summed E-state index contributed by atoms with van der Waals surface area (Å²) < 4.78 is 0. The maximum absolute atomic E-state index is 5.53. The summed E-state index contributed by atoms with van der Waals surface area (Å²) in [4.78, 5) is 0. The molecule has 1 aliphatic carbocycles. The van der Waals surface area contributed by atoms with Gasteiger partial charge in [-0.05, 0) is 67.6 Å². The Morgan fingerprint density at radius 3 is 2.43 bits per heavy atom. The largest absolute Gasteiger partial charge is 0.404 e. The van der Waals surface area contributed by atoms with Crippen LogP contribution in [0.4, 0.5) is 0 Å². The van der Waals surface area contributed by atoms with Crippen LogP contribution in [-0.4, -0.2) is 0 Å². The summed E-state index contributed by atoms with van der Waals surface area (Å²) >= 11 is 0. The normalized spacial score (nSPS) is 14.1. The second-order valence-electron chi connectivity index (χ2n) is 6.23. The van der Waals surface area contributed by atoms with Crippen LogP contribution in [0.1, 0.15) is 63.6 Å². The van der Waals surface area contributed by atoms with E-state index in [-0.39, 0.29) is 0 Å². The van der Waals surface area contributed by atoms with Crippen molar-refractivity contribution >= 4 is 5.57 Å². The highest BCUT2D eigenvalue weighted by Crippen LogP contribution is 2.27. The first-order chi connectivity index (χ1) is 9.97. The van der Waals surface area contributed by atoms with Crippen LogP contribution in [0.2, 0.25) is 0 Å². The fourth-order valence-corrected chi connectivity index (χ4v) is 1.69. The van der Waals surface area contributed by atoms with Gasteiger partial charge in [-0.1, -0.05) is 45.1 Å². The van der Waals surface area contributed by atoms with E-state index in [1.165, 1.54) is 30.4 Å². The molecule has 1 fully saturated rings. The van der Waals surface area contributed by atoms with Crippen molar-refractivity contribution < 1.29 is 0 Å². The number of nitrogens with two attached hydrogens (primary N) is 1. The Bertz CT molecular complexity index is 537. The molecule has 2 N–H and O–H groups in total. The number of allylic oxidation sites excluding steroid dienone is 1. The van der Waals surface area contributed by atoms with Crippen LogP contribution in [0.25, 0.3) is 5.57 Å². The van der Waals surface area contributed by atoms with Crippen molar-refractivity contribution in [2.45, 2.75) is 53.9 Å². The van der Waals surface area contributed by atoms with E-state index in [9.17, 15) is 0 Å². The van der Waals surface area contributed by atoms with Gasteiger partial charge >= 0.3 is 0 Å². The predicted molar refractivity (Wildman–Crippen MR) is 93.7 cm³/mol. The smallest absolute Gasteiger partial charge is 0.0248 e. The molecule has 0 bridgehead atoms. The van der Waals surface area contributed by atoms with Gasteiger partial charge in [0, 0.05) is 11.5 Å². The molecule has 21 heavy (non-hydrogen) atoms. The maximum atomic E-state index is 5.53. The van der Waals surface area contributed by atoms with Gasteiger partial charge in [-0.25, -0.2) is 0 Å². The van der Waals surface area contributed by atoms with Crippen LogP contribution >= 0.6 is 0 Å². The Balaban J connectivity index is 0.000000383. The first-order valence-corrected chi connectivity index (χ1v) is 7.99. The second kappa shape index (κ2) is 8.57. The zero-order valence-corrected chi connectivity index (χ0v) is 14.2. The van der Waals surface area contributed by atoms with E-state index in [4.69, 9.17) is 5.73 Å². The topological polar surface area (TPSA) is 26.0 Å². The molecule has 0 aromatic heterocycles. The van der Waals surface area contributed by atoms with Crippen molar-refractivity contribution in [2.24, 2.45) is 17.6 Å². The predicted octanol–water partition coefficient (Wildman–Crippen LogP) is 5.13. The van der Waals surface area contributed by atoms with E-state index in [1.54, 1.807) is 6.20 Å². The first-order valence-electron chi connectivity index (χ1n) is 7.99. The molecule has 0 heterocycles. The third-order valence-electron chi connectivity index (χ3n) is 3.72. The van der Waals surface area contributed by atoms with Gasteiger partial charge in [-0.3, -0.25) is 0 Å². The second-order valence-corrected chi connectivity index (χ2v) is 6.23. The molecule has 1 aromatic rings. The van der Waals surface area contributed by atoms with Gasteiger partial charge in [0.05, 0.1) is 0 Å². The molecule has 1 heteroatoms. The minimum Gasteiger partial charge on any atom is -0.404 e. The van der Waals surface area contributed by atoms with Crippen molar-refractivity contribution in [3.63, 3.8) is 0 Å². The van der Waals surface area contributed by atoms with Crippen molar-refractivity contribution in [1.29, 1.82) is 0 Å². The Morgan fingerprint density at radius 2 is 2.00 bits per heavy atom. The Kier molecular flexibility index (Phi) is 7.09. The third kappa shape index (κ3) is 6.54. The van der Waals surface area contributed by atoms with E-state index < -0.39 is 0 Å². The number of hydrogen-bond acceptors (Lipinski definition) is 1. The average Bonchev–Trinajstić information content (AvgIpc) is 3.29. The summed E-state index contributed by atoms with van der Waals surface area (Å²) in [7, 11) is 0. The Hall–Kier alpha value is -1.68. The lowest BCUT2D eigenvalue weighted by Gasteiger charge is -2.05. The molecule has 0 spiro atoms. The van der Waals surface area contributed by atoms with Crippen LogP contribution in [0, 0.1) is 30.6 Å². The highest BCUT2D eigenvalue weighted by Gasteiger charge is 2.17. The molecule has 0 aliphatic heterocycles. The number of hydrogen-bond donors (Lipinski definition) is 1. The standard InChI is InChI=1S/C15H17N.C5H12/c1-11-9-14(6-5-13-3-4-13)7-8-15(11)12(2)10-16;1-4-5(2)3/h7-10,13H,3-4,16H2,1-2H3;5H,4H2,1-3H3/b12-10+;. The molecule has 1 aliphatic rings. The van der Waals surface area contributed by atoms with Crippen LogP contribution in [0.15, 0.2) is 24.4 Å². The highest BCUT2D eigenvalue weighted by atomic mass is 14.5. The van der Waals surface area contributed by atoms with Crippen molar-refractivity contribution in [1.82, 2.24) is 0 Å². The van der Waals surface area contributed by atoms with E-state index in [1.807, 2.05) is 6.92 Å². The molecule has 0 radical (unpaired) electrons. The SMILES string of the molecule is C/C(=C\N)c1ccc(C#CC2CC2)cc1C.CCC(C)C. The summed E-state index contributed by atoms with van der Waals surface area (Å²) in [6, 6.07) is 6.31. The lowest BCUT2D eigenvalue weighted by atomic mass is 10.00. The average molecular weight is 283 g/mol. The molecule has 1 nitrogen and oxygen atoms in total. The number of aryl methyl sites for hydroxylation is 1. The fraction of sp³-hybridized carbons (Fsp3) is 0.500. The molecule has 2 rings (SSSR count). The molecule has 1 saturated carbocycles. The molecule has 0 unspecified atom stereocenters. The van der Waals surface area contributed by atoms with Gasteiger partial charge in [0.15, 0.2) is 0 Å². The summed E-state index contributed by atoms with van der Waals surface area (Å²) in [6.07, 6.45) is 5.51. The third-order valence-corrected chi connectivity index (χ3v) is 3.72. The van der Waals surface area contributed by atoms with E-state index in [0.717, 1.165) is 17.1 Å². The first kappa shape index (κ1) is 17.4. The lowest BCUT2D eigenvalue weighted by Crippen LogP contribution is -1.90. The van der Waals surface area contributed by atoms with Gasteiger partial charge in [-0.2, -0.15) is 0 Å². The van der Waals surface area contributed by atoms with Gasteiger partial charge in [-0.15, -0.1) is 0 Å². The molecule has 0 amide bonds.